The Morgan fingerprint density at radius 3 is 2.12 bits per heavy atom. The highest BCUT2D eigenvalue weighted by Gasteiger charge is 2.39. The lowest BCUT2D eigenvalue weighted by molar-refractivity contribution is 0.0947. The van der Waals surface area contributed by atoms with Crippen LogP contribution in [0.15, 0.2) is 0 Å². The predicted molar refractivity (Wildman–Crippen MR) is 66.4 cm³/mol. The Balaban J connectivity index is 1.62. The van der Waals surface area contributed by atoms with Crippen molar-refractivity contribution in [1.82, 2.24) is 9.80 Å². The summed E-state index contributed by atoms with van der Waals surface area (Å²) in [6.45, 7) is 5.19. The standard InChI is InChI=1S/C13H25N3/c14-11-4-8-16(9-5-11)13-6-10-15-7-2-1-3-12(13)15/h11-13H,1-10,14H2. The highest BCUT2D eigenvalue weighted by molar-refractivity contribution is 4.96. The molecule has 3 nitrogen and oxygen atoms in total. The van der Waals surface area contributed by atoms with Crippen LogP contribution in [0.1, 0.15) is 38.5 Å². The molecule has 92 valence electrons. The molecule has 0 aromatic rings. The topological polar surface area (TPSA) is 32.5 Å². The zero-order chi connectivity index (χ0) is 11.0. The molecule has 0 bridgehead atoms. The number of piperidine rings is 2. The van der Waals surface area contributed by atoms with Crippen molar-refractivity contribution in [3.8, 4) is 0 Å². The van der Waals surface area contributed by atoms with E-state index in [2.05, 4.69) is 9.80 Å². The number of fused-ring (bicyclic) bond motifs is 1. The molecule has 2 N–H and O–H groups in total. The Morgan fingerprint density at radius 2 is 1.31 bits per heavy atom. The second-order valence-corrected chi connectivity index (χ2v) is 5.83. The Hall–Kier alpha value is -0.120. The lowest BCUT2D eigenvalue weighted by atomic mass is 9.95. The molecule has 3 rings (SSSR count). The van der Waals surface area contributed by atoms with Crippen molar-refractivity contribution >= 4 is 0 Å². The van der Waals surface area contributed by atoms with Gasteiger partial charge in [0, 0.05) is 24.7 Å². The van der Waals surface area contributed by atoms with E-state index in [4.69, 9.17) is 5.73 Å². The second-order valence-electron chi connectivity index (χ2n) is 5.83. The average Bonchev–Trinajstić information content (AvgIpc) is 2.74. The van der Waals surface area contributed by atoms with Gasteiger partial charge in [-0.15, -0.1) is 0 Å². The largest absolute Gasteiger partial charge is 0.328 e. The third kappa shape index (κ3) is 2.01. The van der Waals surface area contributed by atoms with Crippen LogP contribution in [-0.4, -0.2) is 54.1 Å². The molecule has 0 aliphatic carbocycles. The molecule has 0 aromatic heterocycles. The Labute approximate surface area is 99.0 Å². The van der Waals surface area contributed by atoms with Gasteiger partial charge in [-0.05, 0) is 51.7 Å². The maximum Gasteiger partial charge on any atom is 0.0263 e. The summed E-state index contributed by atoms with van der Waals surface area (Å²) in [4.78, 5) is 5.47. The van der Waals surface area contributed by atoms with Crippen molar-refractivity contribution in [2.75, 3.05) is 26.2 Å². The van der Waals surface area contributed by atoms with Gasteiger partial charge in [-0.2, -0.15) is 0 Å². The predicted octanol–water partition coefficient (Wildman–Crippen LogP) is 1.04. The molecule has 3 aliphatic heterocycles. The molecular weight excluding hydrogens is 198 g/mol. The van der Waals surface area contributed by atoms with Gasteiger partial charge in [0.25, 0.3) is 0 Å². The minimum atomic E-state index is 0.472. The van der Waals surface area contributed by atoms with Gasteiger partial charge in [0.05, 0.1) is 0 Å². The zero-order valence-corrected chi connectivity index (χ0v) is 10.3. The molecule has 3 heterocycles. The molecule has 3 heteroatoms. The van der Waals surface area contributed by atoms with E-state index in [0.29, 0.717) is 6.04 Å². The Morgan fingerprint density at radius 1 is 0.688 bits per heavy atom. The Bertz CT molecular complexity index is 235. The van der Waals surface area contributed by atoms with E-state index in [9.17, 15) is 0 Å². The van der Waals surface area contributed by atoms with Gasteiger partial charge in [-0.3, -0.25) is 9.80 Å². The van der Waals surface area contributed by atoms with Crippen LogP contribution in [0.5, 0.6) is 0 Å². The number of rotatable bonds is 1. The molecule has 3 saturated heterocycles. The molecule has 2 unspecified atom stereocenters. The minimum absolute atomic E-state index is 0.472. The molecule has 0 aromatic carbocycles. The van der Waals surface area contributed by atoms with Crippen LogP contribution in [0.4, 0.5) is 0 Å². The first kappa shape index (κ1) is 11.0. The van der Waals surface area contributed by atoms with Crippen LogP contribution in [0.3, 0.4) is 0 Å². The van der Waals surface area contributed by atoms with Gasteiger partial charge in [0.1, 0.15) is 0 Å². The quantitative estimate of drug-likeness (QED) is 0.721. The van der Waals surface area contributed by atoms with Crippen molar-refractivity contribution in [3.63, 3.8) is 0 Å². The lowest BCUT2D eigenvalue weighted by Gasteiger charge is -2.40. The number of hydrogen-bond acceptors (Lipinski definition) is 3. The van der Waals surface area contributed by atoms with Crippen molar-refractivity contribution in [2.24, 2.45) is 5.73 Å². The summed E-state index contributed by atoms with van der Waals surface area (Å²) in [5.41, 5.74) is 5.99. The van der Waals surface area contributed by atoms with Gasteiger partial charge < -0.3 is 5.73 Å². The normalized spacial score (nSPS) is 38.8. The molecule has 16 heavy (non-hydrogen) atoms. The van der Waals surface area contributed by atoms with Crippen LogP contribution in [0.2, 0.25) is 0 Å². The van der Waals surface area contributed by atoms with Crippen LogP contribution in [-0.2, 0) is 0 Å². The fraction of sp³-hybridized carbons (Fsp3) is 1.00. The maximum absolute atomic E-state index is 5.99. The van der Waals surface area contributed by atoms with Crippen LogP contribution >= 0.6 is 0 Å². The minimum Gasteiger partial charge on any atom is -0.328 e. The lowest BCUT2D eigenvalue weighted by Crippen LogP contribution is -2.51. The molecule has 0 saturated carbocycles. The van der Waals surface area contributed by atoms with E-state index < -0.39 is 0 Å². The summed E-state index contributed by atoms with van der Waals surface area (Å²) in [5, 5.41) is 0. The van der Waals surface area contributed by atoms with Gasteiger partial charge in [0.2, 0.25) is 0 Å². The van der Waals surface area contributed by atoms with Crippen molar-refractivity contribution in [3.05, 3.63) is 0 Å². The van der Waals surface area contributed by atoms with E-state index in [0.717, 1.165) is 12.1 Å². The first-order chi connectivity index (χ1) is 7.84. The number of hydrogen-bond donors (Lipinski definition) is 1. The highest BCUT2D eigenvalue weighted by Crippen LogP contribution is 2.31. The molecule has 2 atom stereocenters. The van der Waals surface area contributed by atoms with E-state index in [-0.39, 0.29) is 0 Å². The van der Waals surface area contributed by atoms with E-state index in [1.807, 2.05) is 0 Å². The van der Waals surface area contributed by atoms with Crippen molar-refractivity contribution in [2.45, 2.75) is 56.7 Å². The molecule has 3 fully saturated rings. The maximum atomic E-state index is 5.99. The van der Waals surface area contributed by atoms with Gasteiger partial charge in [-0.25, -0.2) is 0 Å². The summed E-state index contributed by atoms with van der Waals surface area (Å²) in [6.07, 6.45) is 8.14. The first-order valence-electron chi connectivity index (χ1n) is 7.08. The summed E-state index contributed by atoms with van der Waals surface area (Å²) >= 11 is 0. The van der Waals surface area contributed by atoms with Crippen LogP contribution in [0, 0.1) is 0 Å². The molecule has 0 radical (unpaired) electrons. The monoisotopic (exact) mass is 223 g/mol. The fourth-order valence-corrected chi connectivity index (χ4v) is 3.90. The molecule has 0 spiro atoms. The molecular formula is C13H25N3. The third-order valence-corrected chi connectivity index (χ3v) is 4.86. The second kappa shape index (κ2) is 4.63. The molecule has 0 amide bonds. The van der Waals surface area contributed by atoms with E-state index in [1.165, 1.54) is 64.7 Å². The van der Waals surface area contributed by atoms with Gasteiger partial charge >= 0.3 is 0 Å². The number of nitrogens with zero attached hydrogens (tertiary/aromatic N) is 2. The zero-order valence-electron chi connectivity index (χ0n) is 10.3. The summed E-state index contributed by atoms with van der Waals surface area (Å²) in [6, 6.07) is 2.20. The Kier molecular flexibility index (Phi) is 3.18. The smallest absolute Gasteiger partial charge is 0.0263 e. The SMILES string of the molecule is NC1CCN(C2CCN3CCCCC23)CC1. The van der Waals surface area contributed by atoms with E-state index >= 15 is 0 Å². The summed E-state index contributed by atoms with van der Waals surface area (Å²) in [5.74, 6) is 0. The third-order valence-electron chi connectivity index (χ3n) is 4.86. The summed E-state index contributed by atoms with van der Waals surface area (Å²) in [7, 11) is 0. The van der Waals surface area contributed by atoms with Crippen LogP contribution in [0.25, 0.3) is 0 Å². The first-order valence-corrected chi connectivity index (χ1v) is 7.08. The van der Waals surface area contributed by atoms with Crippen molar-refractivity contribution in [1.29, 1.82) is 0 Å². The van der Waals surface area contributed by atoms with Crippen molar-refractivity contribution < 1.29 is 0 Å². The van der Waals surface area contributed by atoms with Gasteiger partial charge in [-0.1, -0.05) is 6.42 Å². The van der Waals surface area contributed by atoms with Gasteiger partial charge in [0.15, 0.2) is 0 Å². The number of nitrogens with two attached hydrogens (primary N) is 1. The fourth-order valence-electron chi connectivity index (χ4n) is 3.90. The average molecular weight is 223 g/mol. The summed E-state index contributed by atoms with van der Waals surface area (Å²) < 4.78 is 0. The van der Waals surface area contributed by atoms with Crippen LogP contribution < -0.4 is 5.73 Å². The highest BCUT2D eigenvalue weighted by atomic mass is 15.3. The van der Waals surface area contributed by atoms with E-state index in [1.54, 1.807) is 0 Å². The molecule has 3 aliphatic rings. The number of likely N-dealkylation sites (tertiary alicyclic amines) is 1.